The Morgan fingerprint density at radius 3 is 2.77 bits per heavy atom. The van der Waals surface area contributed by atoms with Crippen LogP contribution in [0.2, 0.25) is 0 Å². The molecule has 31 heavy (non-hydrogen) atoms. The number of nitrogens with one attached hydrogen (secondary N) is 1. The Morgan fingerprint density at radius 2 is 2.06 bits per heavy atom. The molecule has 2 aromatic rings. The zero-order valence-corrected chi connectivity index (χ0v) is 18.2. The van der Waals surface area contributed by atoms with Crippen molar-refractivity contribution in [1.82, 2.24) is 19.8 Å². The highest BCUT2D eigenvalue weighted by molar-refractivity contribution is 5.74. The summed E-state index contributed by atoms with van der Waals surface area (Å²) in [5, 5.41) is 12.6. The van der Waals surface area contributed by atoms with Crippen LogP contribution < -0.4 is 5.32 Å². The fraction of sp³-hybridized carbons (Fsp3) is 0.522. The SMILES string of the molecule is CC(C)CCn1cnc(CC(C(=O)O)N2CC[C@H](NC(=O)OCc3ccccc3)C2)c1. The molecule has 2 heterocycles. The molecule has 3 rings (SSSR count). The molecule has 8 heteroatoms. The number of benzene rings is 1. The van der Waals surface area contributed by atoms with E-state index in [2.05, 4.69) is 24.1 Å². The van der Waals surface area contributed by atoms with E-state index in [4.69, 9.17) is 4.74 Å². The van der Waals surface area contributed by atoms with Crippen molar-refractivity contribution in [2.45, 2.75) is 58.3 Å². The third-order valence-electron chi connectivity index (χ3n) is 5.53. The number of ether oxygens (including phenoxy) is 1. The van der Waals surface area contributed by atoms with E-state index in [-0.39, 0.29) is 12.6 Å². The lowest BCUT2D eigenvalue weighted by Gasteiger charge is -2.23. The van der Waals surface area contributed by atoms with Crippen molar-refractivity contribution in [2.75, 3.05) is 13.1 Å². The number of amides is 1. The molecular weight excluding hydrogens is 396 g/mol. The molecule has 2 N–H and O–H groups in total. The van der Waals surface area contributed by atoms with Gasteiger partial charge in [0.25, 0.3) is 0 Å². The Hall–Kier alpha value is -2.87. The molecule has 1 aliphatic heterocycles. The van der Waals surface area contributed by atoms with Gasteiger partial charge in [-0.15, -0.1) is 0 Å². The summed E-state index contributed by atoms with van der Waals surface area (Å²) in [4.78, 5) is 30.3. The molecule has 0 radical (unpaired) electrons. The molecule has 1 aromatic heterocycles. The standard InChI is InChI=1S/C23H32N4O4/c1-17(2)8-10-26-13-20(24-16-26)12-21(22(28)29)27-11-9-19(14-27)25-23(30)31-15-18-6-4-3-5-7-18/h3-7,13,16-17,19,21H,8-12,14-15H2,1-2H3,(H,25,30)(H,28,29)/t19-,21?/m0/s1. The van der Waals surface area contributed by atoms with Crippen LogP contribution in [0.3, 0.4) is 0 Å². The average molecular weight is 429 g/mol. The van der Waals surface area contributed by atoms with Gasteiger partial charge < -0.3 is 19.7 Å². The van der Waals surface area contributed by atoms with Crippen LogP contribution in [0.15, 0.2) is 42.9 Å². The Balaban J connectivity index is 1.48. The van der Waals surface area contributed by atoms with Crippen molar-refractivity contribution in [3.63, 3.8) is 0 Å². The molecular formula is C23H32N4O4. The maximum atomic E-state index is 12.1. The number of aromatic nitrogens is 2. The van der Waals surface area contributed by atoms with Crippen molar-refractivity contribution >= 4 is 12.1 Å². The van der Waals surface area contributed by atoms with Crippen LogP contribution in [-0.4, -0.2) is 56.8 Å². The second kappa shape index (κ2) is 10.9. The highest BCUT2D eigenvalue weighted by atomic mass is 16.5. The first-order chi connectivity index (χ1) is 14.9. The topological polar surface area (TPSA) is 96.7 Å². The van der Waals surface area contributed by atoms with Gasteiger partial charge in [-0.3, -0.25) is 9.69 Å². The number of carboxylic acid groups (broad SMARTS) is 1. The van der Waals surface area contributed by atoms with E-state index in [0.717, 1.165) is 24.2 Å². The molecule has 1 aromatic carbocycles. The number of imidazole rings is 1. The minimum atomic E-state index is -0.871. The third kappa shape index (κ3) is 7.10. The van der Waals surface area contributed by atoms with Gasteiger partial charge in [-0.25, -0.2) is 9.78 Å². The lowest BCUT2D eigenvalue weighted by atomic mass is 10.1. The van der Waals surface area contributed by atoms with E-state index in [1.807, 2.05) is 46.0 Å². The lowest BCUT2D eigenvalue weighted by Crippen LogP contribution is -2.44. The van der Waals surface area contributed by atoms with E-state index in [1.165, 1.54) is 0 Å². The van der Waals surface area contributed by atoms with Crippen LogP contribution in [0.25, 0.3) is 0 Å². The van der Waals surface area contributed by atoms with Crippen LogP contribution in [0.1, 0.15) is 37.9 Å². The van der Waals surface area contributed by atoms with Crippen LogP contribution in [0, 0.1) is 5.92 Å². The van der Waals surface area contributed by atoms with Gasteiger partial charge in [-0.05, 0) is 24.3 Å². The number of nitrogens with zero attached hydrogens (tertiary/aromatic N) is 3. The van der Waals surface area contributed by atoms with Gasteiger partial charge in [-0.2, -0.15) is 0 Å². The van der Waals surface area contributed by atoms with Crippen molar-refractivity contribution < 1.29 is 19.4 Å². The average Bonchev–Trinajstić information content (AvgIpc) is 3.39. The van der Waals surface area contributed by atoms with E-state index in [9.17, 15) is 14.7 Å². The van der Waals surface area contributed by atoms with E-state index >= 15 is 0 Å². The second-order valence-electron chi connectivity index (χ2n) is 8.53. The summed E-state index contributed by atoms with van der Waals surface area (Å²) in [6.45, 7) is 6.52. The Bertz CT molecular complexity index is 852. The van der Waals surface area contributed by atoms with Crippen molar-refractivity contribution in [3.05, 3.63) is 54.1 Å². The summed E-state index contributed by atoms with van der Waals surface area (Å²) in [6.07, 6.45) is 5.31. The Kier molecular flexibility index (Phi) is 8.06. The summed E-state index contributed by atoms with van der Waals surface area (Å²) >= 11 is 0. The number of hydrogen-bond donors (Lipinski definition) is 2. The number of aryl methyl sites for hydroxylation is 1. The maximum Gasteiger partial charge on any atom is 0.407 e. The second-order valence-corrected chi connectivity index (χ2v) is 8.53. The van der Waals surface area contributed by atoms with Crippen LogP contribution in [0.5, 0.6) is 0 Å². The van der Waals surface area contributed by atoms with Gasteiger partial charge >= 0.3 is 12.1 Å². The molecule has 0 bridgehead atoms. The van der Waals surface area contributed by atoms with Gasteiger partial charge in [-0.1, -0.05) is 44.2 Å². The maximum absolute atomic E-state index is 12.1. The fourth-order valence-electron chi connectivity index (χ4n) is 3.73. The van der Waals surface area contributed by atoms with Gasteiger partial charge in [0.15, 0.2) is 0 Å². The fourth-order valence-corrected chi connectivity index (χ4v) is 3.73. The summed E-state index contributed by atoms with van der Waals surface area (Å²) in [5.74, 6) is -0.268. The Labute approximate surface area is 183 Å². The van der Waals surface area contributed by atoms with Gasteiger partial charge in [0.2, 0.25) is 0 Å². The molecule has 1 saturated heterocycles. The Morgan fingerprint density at radius 1 is 1.29 bits per heavy atom. The predicted octanol–water partition coefficient (Wildman–Crippen LogP) is 2.93. The highest BCUT2D eigenvalue weighted by Gasteiger charge is 2.33. The van der Waals surface area contributed by atoms with E-state index in [0.29, 0.717) is 31.8 Å². The number of alkyl carbamates (subject to hydrolysis) is 1. The number of likely N-dealkylation sites (tertiary alicyclic amines) is 1. The molecule has 1 amide bonds. The normalized spacial score (nSPS) is 17.6. The first kappa shape index (κ1) is 22.8. The number of carboxylic acids is 1. The molecule has 168 valence electrons. The van der Waals surface area contributed by atoms with Gasteiger partial charge in [0, 0.05) is 38.3 Å². The van der Waals surface area contributed by atoms with Crippen molar-refractivity contribution in [3.8, 4) is 0 Å². The summed E-state index contributed by atoms with van der Waals surface area (Å²) in [5.41, 5.74) is 1.69. The molecule has 1 aliphatic rings. The van der Waals surface area contributed by atoms with E-state index < -0.39 is 18.1 Å². The molecule has 0 saturated carbocycles. The molecule has 2 atom stereocenters. The highest BCUT2D eigenvalue weighted by Crippen LogP contribution is 2.17. The molecule has 8 nitrogen and oxygen atoms in total. The number of carbonyl (C=O) groups is 2. The smallest absolute Gasteiger partial charge is 0.407 e. The summed E-state index contributed by atoms with van der Waals surface area (Å²) < 4.78 is 7.29. The van der Waals surface area contributed by atoms with Crippen LogP contribution in [0.4, 0.5) is 4.79 Å². The van der Waals surface area contributed by atoms with Crippen LogP contribution >= 0.6 is 0 Å². The van der Waals surface area contributed by atoms with Crippen molar-refractivity contribution in [1.29, 1.82) is 0 Å². The molecule has 0 spiro atoms. The lowest BCUT2D eigenvalue weighted by molar-refractivity contribution is -0.142. The number of carbonyl (C=O) groups excluding carboxylic acids is 1. The minimum absolute atomic E-state index is 0.131. The molecule has 1 fully saturated rings. The molecule has 1 unspecified atom stereocenters. The van der Waals surface area contributed by atoms with Gasteiger partial charge in [0.05, 0.1) is 12.0 Å². The summed E-state index contributed by atoms with van der Waals surface area (Å²) in [6, 6.07) is 8.69. The third-order valence-corrected chi connectivity index (χ3v) is 5.53. The first-order valence-electron chi connectivity index (χ1n) is 10.9. The number of rotatable bonds is 10. The zero-order chi connectivity index (χ0) is 22.2. The van der Waals surface area contributed by atoms with Gasteiger partial charge in [0.1, 0.15) is 12.6 Å². The zero-order valence-electron chi connectivity index (χ0n) is 18.2. The predicted molar refractivity (Wildman–Crippen MR) is 117 cm³/mol. The minimum Gasteiger partial charge on any atom is -0.480 e. The monoisotopic (exact) mass is 428 g/mol. The summed E-state index contributed by atoms with van der Waals surface area (Å²) in [7, 11) is 0. The quantitative estimate of drug-likeness (QED) is 0.604. The van der Waals surface area contributed by atoms with Crippen LogP contribution in [-0.2, 0) is 29.1 Å². The van der Waals surface area contributed by atoms with E-state index in [1.54, 1.807) is 6.33 Å². The van der Waals surface area contributed by atoms with Crippen molar-refractivity contribution in [2.24, 2.45) is 5.92 Å². The first-order valence-corrected chi connectivity index (χ1v) is 10.9. The number of aliphatic carboxylic acids is 1. The number of hydrogen-bond acceptors (Lipinski definition) is 5. The largest absolute Gasteiger partial charge is 0.480 e. The molecule has 0 aliphatic carbocycles.